The molecule has 3 aromatic carbocycles. The predicted molar refractivity (Wildman–Crippen MR) is 120 cm³/mol. The lowest BCUT2D eigenvalue weighted by molar-refractivity contribution is -0.152. The quantitative estimate of drug-likeness (QED) is 0.408. The van der Waals surface area contributed by atoms with Gasteiger partial charge in [-0.1, -0.05) is 62.4 Å². The van der Waals surface area contributed by atoms with Crippen molar-refractivity contribution >= 4 is 23.2 Å². The van der Waals surface area contributed by atoms with Gasteiger partial charge in [0.1, 0.15) is 5.82 Å². The van der Waals surface area contributed by atoms with E-state index in [2.05, 4.69) is 5.32 Å². The SMILES string of the molecule is CC(C)C(=O)C(O)(C(=O)Nc1ccccc1)C(C(=O)c1ccc(F)cc1)c1ccccc1. The van der Waals surface area contributed by atoms with Crippen LogP contribution in [0.25, 0.3) is 0 Å². The van der Waals surface area contributed by atoms with E-state index in [1.807, 2.05) is 0 Å². The van der Waals surface area contributed by atoms with Crippen LogP contribution in [0.4, 0.5) is 10.1 Å². The van der Waals surface area contributed by atoms with Crippen LogP contribution in [-0.4, -0.2) is 28.2 Å². The van der Waals surface area contributed by atoms with Crippen LogP contribution >= 0.6 is 0 Å². The molecule has 3 aromatic rings. The molecule has 0 aliphatic heterocycles. The first kappa shape index (κ1) is 23.0. The van der Waals surface area contributed by atoms with Crippen molar-refractivity contribution in [2.45, 2.75) is 25.4 Å². The Bertz CT molecular complexity index is 1100. The monoisotopic (exact) mass is 433 g/mol. The Balaban J connectivity index is 2.17. The largest absolute Gasteiger partial charge is 0.372 e. The third-order valence-electron chi connectivity index (χ3n) is 5.22. The number of carbonyl (C=O) groups excluding carboxylic acids is 3. The molecule has 6 heteroatoms. The lowest BCUT2D eigenvalue weighted by atomic mass is 9.72. The van der Waals surface area contributed by atoms with Crippen molar-refractivity contribution in [2.75, 3.05) is 5.32 Å². The molecule has 164 valence electrons. The van der Waals surface area contributed by atoms with E-state index < -0.39 is 40.7 Å². The summed E-state index contributed by atoms with van der Waals surface area (Å²) in [6, 6.07) is 21.3. The Labute approximate surface area is 185 Å². The minimum atomic E-state index is -2.70. The van der Waals surface area contributed by atoms with Crippen LogP contribution in [0.3, 0.4) is 0 Å². The molecule has 0 radical (unpaired) electrons. The van der Waals surface area contributed by atoms with Crippen LogP contribution in [0.1, 0.15) is 35.7 Å². The number of hydrogen-bond donors (Lipinski definition) is 2. The highest BCUT2D eigenvalue weighted by atomic mass is 19.1. The Kier molecular flexibility index (Phi) is 6.95. The van der Waals surface area contributed by atoms with Gasteiger partial charge in [-0.2, -0.15) is 0 Å². The number of ketones is 2. The molecule has 0 spiro atoms. The van der Waals surface area contributed by atoms with E-state index in [1.54, 1.807) is 74.5 Å². The van der Waals surface area contributed by atoms with Crippen molar-refractivity contribution in [3.63, 3.8) is 0 Å². The second-order valence-corrected chi connectivity index (χ2v) is 7.82. The lowest BCUT2D eigenvalue weighted by Crippen LogP contribution is -2.57. The fourth-order valence-corrected chi connectivity index (χ4v) is 3.58. The van der Waals surface area contributed by atoms with Crippen LogP contribution in [-0.2, 0) is 9.59 Å². The standard InChI is InChI=1S/C26H24FNO4/c1-17(2)24(30)26(32,25(31)28-21-11-7-4-8-12-21)22(18-9-5-3-6-10-18)23(29)19-13-15-20(27)16-14-19/h3-17,22,32H,1-2H3,(H,28,31). The van der Waals surface area contributed by atoms with E-state index >= 15 is 0 Å². The molecule has 0 saturated heterocycles. The highest BCUT2D eigenvalue weighted by Crippen LogP contribution is 2.36. The second kappa shape index (κ2) is 9.66. The Morgan fingerprint density at radius 1 is 0.844 bits per heavy atom. The maximum absolute atomic E-state index is 13.6. The third kappa shape index (κ3) is 4.65. The first-order valence-electron chi connectivity index (χ1n) is 10.2. The number of carbonyl (C=O) groups is 3. The number of nitrogens with one attached hydrogen (secondary N) is 1. The molecule has 1 amide bonds. The molecule has 2 atom stereocenters. The molecule has 32 heavy (non-hydrogen) atoms. The minimum Gasteiger partial charge on any atom is -0.372 e. The average Bonchev–Trinajstić information content (AvgIpc) is 2.80. The summed E-state index contributed by atoms with van der Waals surface area (Å²) in [7, 11) is 0. The van der Waals surface area contributed by atoms with Crippen molar-refractivity contribution in [3.8, 4) is 0 Å². The van der Waals surface area contributed by atoms with Crippen LogP contribution in [0.5, 0.6) is 0 Å². The molecule has 5 nitrogen and oxygen atoms in total. The maximum atomic E-state index is 13.6. The van der Waals surface area contributed by atoms with Crippen LogP contribution < -0.4 is 5.32 Å². The van der Waals surface area contributed by atoms with Crippen molar-refractivity contribution in [2.24, 2.45) is 5.92 Å². The molecule has 0 aromatic heterocycles. The molecule has 0 fully saturated rings. The summed E-state index contributed by atoms with van der Waals surface area (Å²) in [5.41, 5.74) is -1.96. The molecule has 0 bridgehead atoms. The maximum Gasteiger partial charge on any atom is 0.265 e. The lowest BCUT2D eigenvalue weighted by Gasteiger charge is -2.34. The van der Waals surface area contributed by atoms with E-state index in [1.165, 1.54) is 12.1 Å². The van der Waals surface area contributed by atoms with Gasteiger partial charge >= 0.3 is 0 Å². The van der Waals surface area contributed by atoms with Crippen molar-refractivity contribution in [3.05, 3.63) is 102 Å². The number of benzene rings is 3. The third-order valence-corrected chi connectivity index (χ3v) is 5.22. The summed E-state index contributed by atoms with van der Waals surface area (Å²) in [6.45, 7) is 3.10. The number of anilines is 1. The van der Waals surface area contributed by atoms with Gasteiger partial charge in [-0.15, -0.1) is 0 Å². The molecule has 0 aliphatic rings. The fourth-order valence-electron chi connectivity index (χ4n) is 3.58. The minimum absolute atomic E-state index is 0.0720. The Morgan fingerprint density at radius 2 is 1.38 bits per heavy atom. The molecular weight excluding hydrogens is 409 g/mol. The number of para-hydroxylation sites is 1. The predicted octanol–water partition coefficient (Wildman–Crippen LogP) is 4.39. The summed E-state index contributed by atoms with van der Waals surface area (Å²) < 4.78 is 13.4. The van der Waals surface area contributed by atoms with Crippen molar-refractivity contribution < 1.29 is 23.9 Å². The molecule has 2 unspecified atom stereocenters. The number of rotatable bonds is 8. The van der Waals surface area contributed by atoms with Crippen LogP contribution in [0.2, 0.25) is 0 Å². The summed E-state index contributed by atoms with van der Waals surface area (Å²) in [6.07, 6.45) is 0. The topological polar surface area (TPSA) is 83.5 Å². The molecule has 0 heterocycles. The summed E-state index contributed by atoms with van der Waals surface area (Å²) in [5, 5.41) is 14.3. The molecule has 0 saturated carbocycles. The van der Waals surface area contributed by atoms with Crippen molar-refractivity contribution in [1.82, 2.24) is 0 Å². The van der Waals surface area contributed by atoms with E-state index in [0.717, 1.165) is 12.1 Å². The second-order valence-electron chi connectivity index (χ2n) is 7.82. The summed E-state index contributed by atoms with van der Waals surface area (Å²) >= 11 is 0. The Morgan fingerprint density at radius 3 is 1.91 bits per heavy atom. The molecule has 0 aliphatic carbocycles. The van der Waals surface area contributed by atoms with Gasteiger partial charge in [-0.25, -0.2) is 4.39 Å². The first-order valence-corrected chi connectivity index (χ1v) is 10.2. The summed E-state index contributed by atoms with van der Waals surface area (Å²) in [5.74, 6) is -5.28. The first-order chi connectivity index (χ1) is 15.2. The van der Waals surface area contributed by atoms with Gasteiger partial charge in [0.2, 0.25) is 5.60 Å². The fraction of sp³-hybridized carbons (Fsp3) is 0.192. The number of amides is 1. The summed E-state index contributed by atoms with van der Waals surface area (Å²) in [4.78, 5) is 40.2. The Hall–Kier alpha value is -3.64. The van der Waals surface area contributed by atoms with Crippen LogP contribution in [0, 0.1) is 11.7 Å². The highest BCUT2D eigenvalue weighted by molar-refractivity contribution is 6.20. The molecule has 3 rings (SSSR count). The van der Waals surface area contributed by atoms with E-state index in [4.69, 9.17) is 0 Å². The average molecular weight is 433 g/mol. The van der Waals surface area contributed by atoms with Gasteiger partial charge < -0.3 is 10.4 Å². The molecular formula is C26H24FNO4. The molecule has 2 N–H and O–H groups in total. The van der Waals surface area contributed by atoms with E-state index in [0.29, 0.717) is 11.3 Å². The zero-order valence-electron chi connectivity index (χ0n) is 17.8. The van der Waals surface area contributed by atoms with Crippen molar-refractivity contribution in [1.29, 1.82) is 0 Å². The van der Waals surface area contributed by atoms with Gasteiger partial charge in [0, 0.05) is 17.2 Å². The highest BCUT2D eigenvalue weighted by Gasteiger charge is 2.54. The van der Waals surface area contributed by atoms with E-state index in [-0.39, 0.29) is 5.56 Å². The van der Waals surface area contributed by atoms with Gasteiger partial charge in [0.25, 0.3) is 5.91 Å². The number of aliphatic hydroxyl groups is 1. The van der Waals surface area contributed by atoms with Gasteiger partial charge in [-0.3, -0.25) is 14.4 Å². The number of halogens is 1. The van der Waals surface area contributed by atoms with Crippen LogP contribution in [0.15, 0.2) is 84.9 Å². The smallest absolute Gasteiger partial charge is 0.265 e. The van der Waals surface area contributed by atoms with Gasteiger partial charge in [0.05, 0.1) is 5.92 Å². The van der Waals surface area contributed by atoms with E-state index in [9.17, 15) is 23.9 Å². The zero-order chi connectivity index (χ0) is 23.3. The number of hydrogen-bond acceptors (Lipinski definition) is 4. The number of Topliss-reactive ketones (excluding diaryl/α,β-unsaturated/α-hetero) is 2. The normalized spacial score (nSPS) is 13.8. The van der Waals surface area contributed by atoms with Gasteiger partial charge in [0.15, 0.2) is 11.6 Å². The van der Waals surface area contributed by atoms with Gasteiger partial charge in [-0.05, 0) is 42.0 Å². The zero-order valence-corrected chi connectivity index (χ0v) is 17.8.